The van der Waals surface area contributed by atoms with Gasteiger partial charge in [-0.25, -0.2) is 14.8 Å². The quantitative estimate of drug-likeness (QED) is 0.835. The number of rotatable bonds is 4. The van der Waals surface area contributed by atoms with Crippen LogP contribution in [0.2, 0.25) is 0 Å². The number of aromatic nitrogens is 2. The van der Waals surface area contributed by atoms with Gasteiger partial charge < -0.3 is 15.0 Å². The van der Waals surface area contributed by atoms with Gasteiger partial charge in [-0.15, -0.1) is 0 Å². The number of anilines is 2. The zero-order chi connectivity index (χ0) is 19.4. The lowest BCUT2D eigenvalue weighted by Gasteiger charge is -2.31. The van der Waals surface area contributed by atoms with Gasteiger partial charge in [0.05, 0.1) is 12.7 Å². The Labute approximate surface area is 158 Å². The van der Waals surface area contributed by atoms with Gasteiger partial charge in [-0.2, -0.15) is 0 Å². The molecule has 0 radical (unpaired) electrons. The van der Waals surface area contributed by atoms with Crippen LogP contribution in [0.3, 0.4) is 0 Å². The van der Waals surface area contributed by atoms with Crippen molar-refractivity contribution in [2.75, 3.05) is 30.4 Å². The fourth-order valence-corrected chi connectivity index (χ4v) is 3.10. The first kappa shape index (κ1) is 18.8. The summed E-state index contributed by atoms with van der Waals surface area (Å²) in [6.07, 6.45) is 2.23. The van der Waals surface area contributed by atoms with Crippen LogP contribution in [-0.2, 0) is 4.74 Å². The highest BCUT2D eigenvalue weighted by molar-refractivity contribution is 6.04. The Morgan fingerprint density at radius 2 is 1.93 bits per heavy atom. The molecule has 1 aliphatic heterocycles. The topological polar surface area (TPSA) is 84.4 Å². The third-order valence-corrected chi connectivity index (χ3v) is 4.71. The minimum absolute atomic E-state index is 0.305. The summed E-state index contributed by atoms with van der Waals surface area (Å²) in [4.78, 5) is 35.3. The molecule has 142 valence electrons. The van der Waals surface area contributed by atoms with Gasteiger partial charge in [-0.1, -0.05) is 13.0 Å². The molecule has 0 unspecified atom stereocenters. The van der Waals surface area contributed by atoms with E-state index in [9.17, 15) is 9.59 Å². The summed E-state index contributed by atoms with van der Waals surface area (Å²) in [5, 5.41) is 2.79. The first-order chi connectivity index (χ1) is 13.0. The van der Waals surface area contributed by atoms with Crippen molar-refractivity contribution in [3.05, 3.63) is 47.4 Å². The van der Waals surface area contributed by atoms with Crippen LogP contribution in [0.1, 0.15) is 46.4 Å². The van der Waals surface area contributed by atoms with E-state index in [1.54, 1.807) is 37.3 Å². The van der Waals surface area contributed by atoms with Gasteiger partial charge >= 0.3 is 5.97 Å². The Balaban J connectivity index is 1.78. The lowest BCUT2D eigenvalue weighted by molar-refractivity contribution is 0.0600. The van der Waals surface area contributed by atoms with Crippen molar-refractivity contribution in [1.29, 1.82) is 0 Å². The highest BCUT2D eigenvalue weighted by atomic mass is 16.5. The molecule has 1 N–H and O–H groups in total. The maximum absolute atomic E-state index is 12.7. The molecule has 27 heavy (non-hydrogen) atoms. The molecule has 0 spiro atoms. The average Bonchev–Trinajstić information content (AvgIpc) is 2.67. The number of esters is 1. The summed E-state index contributed by atoms with van der Waals surface area (Å²) in [7, 11) is 1.32. The maximum atomic E-state index is 12.7. The van der Waals surface area contributed by atoms with Crippen molar-refractivity contribution < 1.29 is 14.3 Å². The summed E-state index contributed by atoms with van der Waals surface area (Å²) >= 11 is 0. The molecule has 0 aliphatic carbocycles. The highest BCUT2D eigenvalue weighted by Gasteiger charge is 2.19. The number of aryl methyl sites for hydroxylation is 1. The van der Waals surface area contributed by atoms with Crippen molar-refractivity contribution in [3.63, 3.8) is 0 Å². The van der Waals surface area contributed by atoms with Crippen LogP contribution in [-0.4, -0.2) is 42.0 Å². The minimum Gasteiger partial charge on any atom is -0.465 e. The normalized spacial score (nSPS) is 14.7. The van der Waals surface area contributed by atoms with Crippen LogP contribution in [0.25, 0.3) is 0 Å². The van der Waals surface area contributed by atoms with E-state index < -0.39 is 5.97 Å². The number of hydrogen-bond donors (Lipinski definition) is 1. The summed E-state index contributed by atoms with van der Waals surface area (Å²) in [6.45, 7) is 5.90. The van der Waals surface area contributed by atoms with E-state index in [1.807, 2.05) is 0 Å². The largest absolute Gasteiger partial charge is 0.465 e. The second-order valence-electron chi connectivity index (χ2n) is 6.85. The summed E-state index contributed by atoms with van der Waals surface area (Å²) in [6, 6.07) is 8.33. The molecule has 0 atom stereocenters. The Morgan fingerprint density at radius 1 is 1.19 bits per heavy atom. The number of carbonyl (C=O) groups is 2. The number of amides is 1. The van der Waals surface area contributed by atoms with Gasteiger partial charge in [-0.05, 0) is 43.9 Å². The fourth-order valence-electron chi connectivity index (χ4n) is 3.10. The molecule has 7 heteroatoms. The molecule has 7 nitrogen and oxygen atoms in total. The van der Waals surface area contributed by atoms with E-state index in [1.165, 1.54) is 7.11 Å². The molecule has 3 rings (SSSR count). The van der Waals surface area contributed by atoms with Gasteiger partial charge in [-0.3, -0.25) is 4.79 Å². The number of carbonyl (C=O) groups excluding carboxylic acids is 2. The molecule has 1 saturated heterocycles. The molecule has 1 aromatic heterocycles. The van der Waals surface area contributed by atoms with Crippen LogP contribution >= 0.6 is 0 Å². The Morgan fingerprint density at radius 3 is 2.63 bits per heavy atom. The second-order valence-corrected chi connectivity index (χ2v) is 6.85. The van der Waals surface area contributed by atoms with Crippen molar-refractivity contribution in [2.45, 2.75) is 26.7 Å². The average molecular weight is 368 g/mol. The molecular formula is C20H24N4O3. The SMILES string of the molecule is COC(=O)c1cccc(NC(=O)c2cc(N3CCC(C)CC3)nc(C)n2)c1. The Bertz CT molecular complexity index is 845. The molecule has 1 aromatic carbocycles. The monoisotopic (exact) mass is 368 g/mol. The van der Waals surface area contributed by atoms with E-state index in [0.29, 0.717) is 28.7 Å². The first-order valence-corrected chi connectivity index (χ1v) is 9.06. The molecule has 0 bridgehead atoms. The maximum Gasteiger partial charge on any atom is 0.337 e. The minimum atomic E-state index is -0.453. The van der Waals surface area contributed by atoms with Crippen molar-refractivity contribution >= 4 is 23.4 Å². The van der Waals surface area contributed by atoms with E-state index in [4.69, 9.17) is 4.74 Å². The van der Waals surface area contributed by atoms with Crippen LogP contribution < -0.4 is 10.2 Å². The number of ether oxygens (including phenoxy) is 1. The highest BCUT2D eigenvalue weighted by Crippen LogP contribution is 2.22. The number of nitrogens with zero attached hydrogens (tertiary/aromatic N) is 3. The van der Waals surface area contributed by atoms with Gasteiger partial charge in [0.25, 0.3) is 5.91 Å². The summed E-state index contributed by atoms with van der Waals surface area (Å²) < 4.78 is 4.71. The second kappa shape index (κ2) is 8.16. The summed E-state index contributed by atoms with van der Waals surface area (Å²) in [5.41, 5.74) is 1.18. The lowest BCUT2D eigenvalue weighted by Crippen LogP contribution is -2.34. The number of methoxy groups -OCH3 is 1. The summed E-state index contributed by atoms with van der Waals surface area (Å²) in [5.74, 6) is 1.26. The first-order valence-electron chi connectivity index (χ1n) is 9.06. The third kappa shape index (κ3) is 4.61. The van der Waals surface area contributed by atoms with Gasteiger partial charge in [0.2, 0.25) is 0 Å². The predicted molar refractivity (Wildman–Crippen MR) is 103 cm³/mol. The van der Waals surface area contributed by atoms with Gasteiger partial charge in [0.15, 0.2) is 0 Å². The lowest BCUT2D eigenvalue weighted by atomic mass is 9.99. The number of nitrogens with one attached hydrogen (secondary N) is 1. The Hall–Kier alpha value is -2.96. The van der Waals surface area contributed by atoms with Crippen LogP contribution in [0.4, 0.5) is 11.5 Å². The molecular weight excluding hydrogens is 344 g/mol. The van der Waals surface area contributed by atoms with Crippen LogP contribution in [0, 0.1) is 12.8 Å². The molecule has 1 fully saturated rings. The molecule has 2 aromatic rings. The zero-order valence-corrected chi connectivity index (χ0v) is 15.9. The molecule has 0 saturated carbocycles. The van der Waals surface area contributed by atoms with E-state index >= 15 is 0 Å². The standard InChI is InChI=1S/C20H24N4O3/c1-13-7-9-24(10-8-13)18-12-17(21-14(2)22-18)19(25)23-16-6-4-5-15(11-16)20(26)27-3/h4-6,11-13H,7-10H2,1-3H3,(H,23,25). The van der Waals surface area contributed by atoms with Crippen molar-refractivity contribution in [1.82, 2.24) is 9.97 Å². The van der Waals surface area contributed by atoms with Gasteiger partial charge in [0.1, 0.15) is 17.3 Å². The van der Waals surface area contributed by atoms with Crippen molar-refractivity contribution in [3.8, 4) is 0 Å². The molecule has 1 aliphatic rings. The van der Waals surface area contributed by atoms with E-state index in [2.05, 4.69) is 27.1 Å². The van der Waals surface area contributed by atoms with E-state index in [0.717, 1.165) is 31.7 Å². The van der Waals surface area contributed by atoms with Gasteiger partial charge in [0, 0.05) is 24.8 Å². The van der Waals surface area contributed by atoms with Crippen molar-refractivity contribution in [2.24, 2.45) is 5.92 Å². The van der Waals surface area contributed by atoms with Crippen LogP contribution in [0.15, 0.2) is 30.3 Å². The smallest absolute Gasteiger partial charge is 0.337 e. The number of piperidine rings is 1. The molecule has 1 amide bonds. The Kier molecular flexibility index (Phi) is 5.69. The third-order valence-electron chi connectivity index (χ3n) is 4.71. The van der Waals surface area contributed by atoms with E-state index in [-0.39, 0.29) is 5.91 Å². The number of hydrogen-bond acceptors (Lipinski definition) is 6. The fraction of sp³-hybridized carbons (Fsp3) is 0.400. The predicted octanol–water partition coefficient (Wildman–Crippen LogP) is 3.06. The van der Waals surface area contributed by atoms with Crippen LogP contribution in [0.5, 0.6) is 0 Å². The zero-order valence-electron chi connectivity index (χ0n) is 15.9. The molecule has 2 heterocycles. The number of benzene rings is 1.